The lowest BCUT2D eigenvalue weighted by Gasteiger charge is -2.36. The van der Waals surface area contributed by atoms with E-state index in [0.717, 1.165) is 13.1 Å². The molecule has 1 aliphatic rings. The van der Waals surface area contributed by atoms with E-state index in [-0.39, 0.29) is 11.6 Å². The molecule has 0 aliphatic carbocycles. The molecule has 0 unspecified atom stereocenters. The number of nitro benzene ring substituents is 1. The molecule has 3 aromatic rings. The van der Waals surface area contributed by atoms with Gasteiger partial charge >= 0.3 is 0 Å². The Morgan fingerprint density at radius 3 is 2.38 bits per heavy atom. The van der Waals surface area contributed by atoms with Crippen LogP contribution in [0.3, 0.4) is 0 Å². The average molecular weight is 391 g/mol. The number of piperazine rings is 1. The number of benzene rings is 2. The average Bonchev–Trinajstić information content (AvgIpc) is 3.24. The van der Waals surface area contributed by atoms with Gasteiger partial charge in [-0.25, -0.2) is 4.68 Å². The van der Waals surface area contributed by atoms with Gasteiger partial charge in [0.1, 0.15) is 0 Å². The largest absolute Gasteiger partial charge is 0.368 e. The Hall–Kier alpha value is -3.68. The van der Waals surface area contributed by atoms with Gasteiger partial charge in [0, 0.05) is 50.2 Å². The molecule has 0 N–H and O–H groups in total. The summed E-state index contributed by atoms with van der Waals surface area (Å²) in [4.78, 5) is 27.3. The van der Waals surface area contributed by atoms with Gasteiger partial charge in [0.2, 0.25) is 0 Å². The number of non-ortho nitro benzene ring substituents is 1. The van der Waals surface area contributed by atoms with Crippen LogP contribution in [0.2, 0.25) is 0 Å². The van der Waals surface area contributed by atoms with Gasteiger partial charge in [-0.3, -0.25) is 14.9 Å². The third kappa shape index (κ3) is 3.96. The van der Waals surface area contributed by atoms with Gasteiger partial charge in [0.15, 0.2) is 5.69 Å². The van der Waals surface area contributed by atoms with E-state index in [1.165, 1.54) is 23.4 Å². The fraction of sp³-hybridized carbons (Fsp3) is 0.238. The van der Waals surface area contributed by atoms with Crippen LogP contribution in [0.5, 0.6) is 0 Å². The summed E-state index contributed by atoms with van der Waals surface area (Å²) in [5, 5.41) is 15.1. The van der Waals surface area contributed by atoms with Crippen LogP contribution in [-0.2, 0) is 0 Å². The minimum atomic E-state index is -0.446. The smallest absolute Gasteiger partial charge is 0.274 e. The summed E-state index contributed by atoms with van der Waals surface area (Å²) in [7, 11) is 0. The van der Waals surface area contributed by atoms with Gasteiger partial charge in [-0.1, -0.05) is 12.1 Å². The third-order valence-electron chi connectivity index (χ3n) is 5.07. The van der Waals surface area contributed by atoms with Crippen molar-refractivity contribution in [2.45, 2.75) is 6.92 Å². The zero-order valence-electron chi connectivity index (χ0n) is 16.1. The Bertz CT molecular complexity index is 1040. The SMILES string of the molecule is Cc1cccc(N2CCN(C(=O)c3ccn(-c4ccc([N+](=O)[O-])cc4)n3)CC2)c1. The molecule has 8 nitrogen and oxygen atoms in total. The van der Waals surface area contributed by atoms with Crippen LogP contribution < -0.4 is 4.90 Å². The molecule has 0 bridgehead atoms. The molecule has 1 fully saturated rings. The first-order valence-corrected chi connectivity index (χ1v) is 9.43. The summed E-state index contributed by atoms with van der Waals surface area (Å²) in [5.41, 5.74) is 3.45. The number of amides is 1. The first-order valence-electron chi connectivity index (χ1n) is 9.43. The predicted molar refractivity (Wildman–Crippen MR) is 110 cm³/mol. The Balaban J connectivity index is 1.41. The second-order valence-corrected chi connectivity index (χ2v) is 7.04. The zero-order valence-corrected chi connectivity index (χ0v) is 16.1. The third-order valence-corrected chi connectivity index (χ3v) is 5.07. The van der Waals surface area contributed by atoms with E-state index in [1.54, 1.807) is 29.1 Å². The number of hydrogen-bond acceptors (Lipinski definition) is 5. The van der Waals surface area contributed by atoms with Gasteiger partial charge in [-0.15, -0.1) is 0 Å². The summed E-state index contributed by atoms with van der Waals surface area (Å²) in [6.07, 6.45) is 1.69. The second-order valence-electron chi connectivity index (χ2n) is 7.04. The summed E-state index contributed by atoms with van der Waals surface area (Å²) < 4.78 is 1.56. The van der Waals surface area contributed by atoms with Gasteiger partial charge in [0.25, 0.3) is 11.6 Å². The molecule has 29 heavy (non-hydrogen) atoms. The van der Waals surface area contributed by atoms with Crippen molar-refractivity contribution in [2.24, 2.45) is 0 Å². The van der Waals surface area contributed by atoms with Crippen LogP contribution in [0.15, 0.2) is 60.8 Å². The molecule has 0 saturated carbocycles. The number of carbonyl (C=O) groups is 1. The minimum absolute atomic E-state index is 0.0173. The highest BCUT2D eigenvalue weighted by molar-refractivity contribution is 5.92. The van der Waals surface area contributed by atoms with Crippen molar-refractivity contribution in [3.05, 3.63) is 82.2 Å². The normalized spacial score (nSPS) is 14.1. The lowest BCUT2D eigenvalue weighted by molar-refractivity contribution is -0.384. The van der Waals surface area contributed by atoms with E-state index in [9.17, 15) is 14.9 Å². The second kappa shape index (κ2) is 7.75. The molecule has 1 aromatic heterocycles. The number of rotatable bonds is 4. The molecule has 0 atom stereocenters. The maximum absolute atomic E-state index is 12.8. The molecule has 2 aromatic carbocycles. The fourth-order valence-electron chi connectivity index (χ4n) is 3.46. The molecule has 2 heterocycles. The van der Waals surface area contributed by atoms with Crippen molar-refractivity contribution >= 4 is 17.3 Å². The van der Waals surface area contributed by atoms with Crippen molar-refractivity contribution in [3.8, 4) is 5.69 Å². The number of anilines is 1. The number of nitrogens with zero attached hydrogens (tertiary/aromatic N) is 5. The van der Waals surface area contributed by atoms with Crippen molar-refractivity contribution in [1.29, 1.82) is 0 Å². The molecule has 1 aliphatic heterocycles. The lowest BCUT2D eigenvalue weighted by atomic mass is 10.2. The van der Waals surface area contributed by atoms with Crippen LogP contribution in [0.4, 0.5) is 11.4 Å². The maximum Gasteiger partial charge on any atom is 0.274 e. The quantitative estimate of drug-likeness (QED) is 0.504. The van der Waals surface area contributed by atoms with Gasteiger partial charge in [0.05, 0.1) is 10.6 Å². The molecule has 4 rings (SSSR count). The van der Waals surface area contributed by atoms with E-state index in [1.807, 2.05) is 11.0 Å². The number of aromatic nitrogens is 2. The van der Waals surface area contributed by atoms with Gasteiger partial charge < -0.3 is 9.80 Å². The Morgan fingerprint density at radius 1 is 1.00 bits per heavy atom. The van der Waals surface area contributed by atoms with Crippen LogP contribution in [0.1, 0.15) is 16.1 Å². The highest BCUT2D eigenvalue weighted by atomic mass is 16.6. The molecule has 8 heteroatoms. The summed E-state index contributed by atoms with van der Waals surface area (Å²) in [6.45, 7) is 4.90. The Morgan fingerprint density at radius 2 is 1.72 bits per heavy atom. The molecule has 0 spiro atoms. The number of hydrogen-bond donors (Lipinski definition) is 0. The molecule has 1 saturated heterocycles. The molecule has 148 valence electrons. The molecular formula is C21H21N5O3. The van der Waals surface area contributed by atoms with Gasteiger partial charge in [-0.05, 0) is 42.8 Å². The monoisotopic (exact) mass is 391 g/mol. The van der Waals surface area contributed by atoms with E-state index in [0.29, 0.717) is 24.5 Å². The number of aryl methyl sites for hydroxylation is 1. The highest BCUT2D eigenvalue weighted by Crippen LogP contribution is 2.19. The zero-order chi connectivity index (χ0) is 20.4. The predicted octanol–water partition coefficient (Wildman–Crippen LogP) is 3.05. The topological polar surface area (TPSA) is 84.5 Å². The standard InChI is InChI=1S/C21H21N5O3/c1-16-3-2-4-19(15-16)23-11-13-24(14-12-23)21(27)20-9-10-25(22-20)17-5-7-18(8-6-17)26(28)29/h2-10,15H,11-14H2,1H3. The van der Waals surface area contributed by atoms with Crippen LogP contribution >= 0.6 is 0 Å². The number of nitro groups is 1. The summed E-state index contributed by atoms with van der Waals surface area (Å²) in [5.74, 6) is -0.102. The van der Waals surface area contributed by atoms with Crippen molar-refractivity contribution < 1.29 is 9.72 Å². The highest BCUT2D eigenvalue weighted by Gasteiger charge is 2.24. The first kappa shape index (κ1) is 18.7. The number of carbonyl (C=O) groups excluding carboxylic acids is 1. The van der Waals surface area contributed by atoms with Crippen LogP contribution in [0.25, 0.3) is 5.69 Å². The fourth-order valence-corrected chi connectivity index (χ4v) is 3.46. The van der Waals surface area contributed by atoms with E-state index in [4.69, 9.17) is 0 Å². The van der Waals surface area contributed by atoms with E-state index < -0.39 is 4.92 Å². The maximum atomic E-state index is 12.8. The Labute approximate surface area is 168 Å². The summed E-state index contributed by atoms with van der Waals surface area (Å²) >= 11 is 0. The molecule has 1 amide bonds. The van der Waals surface area contributed by atoms with Crippen molar-refractivity contribution in [2.75, 3.05) is 31.1 Å². The Kier molecular flexibility index (Phi) is 4.99. The molecular weight excluding hydrogens is 370 g/mol. The van der Waals surface area contributed by atoms with Crippen LogP contribution in [-0.4, -0.2) is 51.7 Å². The van der Waals surface area contributed by atoms with Gasteiger partial charge in [-0.2, -0.15) is 5.10 Å². The first-order chi connectivity index (χ1) is 14.0. The summed E-state index contributed by atoms with van der Waals surface area (Å²) in [6, 6.07) is 16.1. The molecule has 0 radical (unpaired) electrons. The van der Waals surface area contributed by atoms with E-state index in [2.05, 4.69) is 35.1 Å². The lowest BCUT2D eigenvalue weighted by Crippen LogP contribution is -2.48. The van der Waals surface area contributed by atoms with Crippen LogP contribution in [0, 0.1) is 17.0 Å². The van der Waals surface area contributed by atoms with Crippen molar-refractivity contribution in [1.82, 2.24) is 14.7 Å². The van der Waals surface area contributed by atoms with Crippen molar-refractivity contribution in [3.63, 3.8) is 0 Å². The van der Waals surface area contributed by atoms with E-state index >= 15 is 0 Å². The minimum Gasteiger partial charge on any atom is -0.368 e.